The Kier molecular flexibility index (Phi) is 4.39. The molecule has 1 saturated heterocycles. The first kappa shape index (κ1) is 12.6. The van der Waals surface area contributed by atoms with Gasteiger partial charge in [0.1, 0.15) is 0 Å². The molecule has 16 heavy (non-hydrogen) atoms. The van der Waals surface area contributed by atoms with E-state index in [1.165, 1.54) is 12.0 Å². The molecule has 2 N–H and O–H groups in total. The fraction of sp³-hybridized carbons (Fsp3) is 0.667. The van der Waals surface area contributed by atoms with E-state index in [1.807, 2.05) is 0 Å². The van der Waals surface area contributed by atoms with Gasteiger partial charge in [-0.05, 0) is 0 Å². The number of nitrogens with one attached hydrogen (secondary N) is 1. The molecule has 0 aromatic carbocycles. The van der Waals surface area contributed by atoms with Crippen molar-refractivity contribution in [1.29, 1.82) is 0 Å². The van der Waals surface area contributed by atoms with Gasteiger partial charge in [0, 0.05) is 13.7 Å². The Morgan fingerprint density at radius 2 is 2.31 bits per heavy atom. The SMILES string of the molecule is COCCN(CC(=O)O)C1CC(=O)NC1=O. The molecule has 1 rings (SSSR count). The molecule has 1 unspecified atom stereocenters. The van der Waals surface area contributed by atoms with Gasteiger partial charge in [-0.15, -0.1) is 0 Å². The number of carbonyl (C=O) groups is 3. The number of ether oxygens (including phenoxy) is 1. The van der Waals surface area contributed by atoms with Gasteiger partial charge in [0.05, 0.1) is 25.6 Å². The van der Waals surface area contributed by atoms with Crippen LogP contribution < -0.4 is 5.32 Å². The molecule has 0 radical (unpaired) electrons. The van der Waals surface area contributed by atoms with Crippen molar-refractivity contribution in [1.82, 2.24) is 10.2 Å². The molecule has 1 aliphatic rings. The number of carboxylic acids is 1. The van der Waals surface area contributed by atoms with Crippen LogP contribution in [0.3, 0.4) is 0 Å². The Balaban J connectivity index is 2.63. The summed E-state index contributed by atoms with van der Waals surface area (Å²) in [4.78, 5) is 34.4. The third kappa shape index (κ3) is 3.28. The van der Waals surface area contributed by atoms with E-state index in [-0.39, 0.29) is 18.9 Å². The second-order valence-electron chi connectivity index (χ2n) is 3.49. The van der Waals surface area contributed by atoms with Crippen molar-refractivity contribution in [3.8, 4) is 0 Å². The highest BCUT2D eigenvalue weighted by Gasteiger charge is 2.35. The van der Waals surface area contributed by atoms with Crippen LogP contribution in [0.25, 0.3) is 0 Å². The van der Waals surface area contributed by atoms with Gasteiger partial charge in [-0.3, -0.25) is 24.6 Å². The van der Waals surface area contributed by atoms with Crippen LogP contribution in [-0.2, 0) is 19.1 Å². The van der Waals surface area contributed by atoms with Gasteiger partial charge in [-0.2, -0.15) is 0 Å². The van der Waals surface area contributed by atoms with Crippen molar-refractivity contribution in [2.24, 2.45) is 0 Å². The molecule has 0 aliphatic carbocycles. The zero-order chi connectivity index (χ0) is 12.1. The van der Waals surface area contributed by atoms with Crippen molar-refractivity contribution in [3.63, 3.8) is 0 Å². The molecule has 1 atom stereocenters. The van der Waals surface area contributed by atoms with Gasteiger partial charge < -0.3 is 9.84 Å². The number of rotatable bonds is 6. The van der Waals surface area contributed by atoms with Crippen molar-refractivity contribution in [3.05, 3.63) is 0 Å². The maximum absolute atomic E-state index is 11.4. The third-order valence-electron chi connectivity index (χ3n) is 2.31. The lowest BCUT2D eigenvalue weighted by molar-refractivity contribution is -0.139. The lowest BCUT2D eigenvalue weighted by Crippen LogP contribution is -2.44. The first-order valence-corrected chi connectivity index (χ1v) is 4.83. The summed E-state index contributed by atoms with van der Waals surface area (Å²) in [5.41, 5.74) is 0. The Morgan fingerprint density at radius 3 is 2.75 bits per heavy atom. The predicted molar refractivity (Wildman–Crippen MR) is 52.6 cm³/mol. The second kappa shape index (κ2) is 5.57. The number of imide groups is 1. The van der Waals surface area contributed by atoms with Crippen molar-refractivity contribution >= 4 is 17.8 Å². The first-order chi connectivity index (χ1) is 7.54. The second-order valence-corrected chi connectivity index (χ2v) is 3.49. The van der Waals surface area contributed by atoms with Crippen LogP contribution in [0.15, 0.2) is 0 Å². The number of amides is 2. The van der Waals surface area contributed by atoms with E-state index in [0.29, 0.717) is 13.2 Å². The Bertz CT molecular complexity index is 304. The van der Waals surface area contributed by atoms with Crippen molar-refractivity contribution in [2.45, 2.75) is 12.5 Å². The number of methoxy groups -OCH3 is 1. The zero-order valence-corrected chi connectivity index (χ0v) is 8.93. The highest BCUT2D eigenvalue weighted by molar-refractivity contribution is 6.05. The van der Waals surface area contributed by atoms with E-state index in [0.717, 1.165) is 0 Å². The Morgan fingerprint density at radius 1 is 1.62 bits per heavy atom. The molecule has 0 aromatic rings. The van der Waals surface area contributed by atoms with Crippen LogP contribution in [0.2, 0.25) is 0 Å². The van der Waals surface area contributed by atoms with Gasteiger partial charge >= 0.3 is 5.97 Å². The maximum Gasteiger partial charge on any atom is 0.317 e. The van der Waals surface area contributed by atoms with Crippen LogP contribution in [0.5, 0.6) is 0 Å². The minimum Gasteiger partial charge on any atom is -0.480 e. The van der Waals surface area contributed by atoms with Crippen LogP contribution in [-0.4, -0.2) is 60.6 Å². The van der Waals surface area contributed by atoms with E-state index in [2.05, 4.69) is 5.32 Å². The fourth-order valence-corrected chi connectivity index (χ4v) is 1.56. The van der Waals surface area contributed by atoms with Gasteiger partial charge in [-0.1, -0.05) is 0 Å². The lowest BCUT2D eigenvalue weighted by Gasteiger charge is -2.23. The molecule has 0 aromatic heterocycles. The van der Waals surface area contributed by atoms with E-state index in [4.69, 9.17) is 9.84 Å². The van der Waals surface area contributed by atoms with E-state index in [1.54, 1.807) is 0 Å². The first-order valence-electron chi connectivity index (χ1n) is 4.83. The number of aliphatic carboxylic acids is 1. The van der Waals surface area contributed by atoms with E-state index < -0.39 is 17.9 Å². The molecule has 0 bridgehead atoms. The molecular weight excluding hydrogens is 216 g/mol. The fourth-order valence-electron chi connectivity index (χ4n) is 1.56. The summed E-state index contributed by atoms with van der Waals surface area (Å²) in [6, 6.07) is -0.696. The quantitative estimate of drug-likeness (QED) is 0.535. The number of carbonyl (C=O) groups excluding carboxylic acids is 2. The smallest absolute Gasteiger partial charge is 0.317 e. The Labute approximate surface area is 92.4 Å². The van der Waals surface area contributed by atoms with E-state index >= 15 is 0 Å². The monoisotopic (exact) mass is 230 g/mol. The number of nitrogens with zero attached hydrogens (tertiary/aromatic N) is 1. The van der Waals surface area contributed by atoms with Crippen LogP contribution in [0, 0.1) is 0 Å². The molecule has 1 fully saturated rings. The standard InChI is InChI=1S/C9H14N2O5/c1-16-3-2-11(5-8(13)14)6-4-7(12)10-9(6)15/h6H,2-5H2,1H3,(H,13,14)(H,10,12,15). The average molecular weight is 230 g/mol. The van der Waals surface area contributed by atoms with Crippen molar-refractivity contribution < 1.29 is 24.2 Å². The lowest BCUT2D eigenvalue weighted by atomic mass is 10.2. The molecule has 1 heterocycles. The number of hydrogen-bond acceptors (Lipinski definition) is 5. The Hall–Kier alpha value is -1.47. The summed E-state index contributed by atoms with van der Waals surface area (Å²) in [5, 5.41) is 10.8. The topological polar surface area (TPSA) is 95.9 Å². The van der Waals surface area contributed by atoms with Crippen LogP contribution in [0.1, 0.15) is 6.42 Å². The summed E-state index contributed by atoms with van der Waals surface area (Å²) in [6.07, 6.45) is 0.00975. The molecule has 7 nitrogen and oxygen atoms in total. The molecule has 90 valence electrons. The average Bonchev–Trinajstić information content (AvgIpc) is 2.52. The third-order valence-corrected chi connectivity index (χ3v) is 2.31. The summed E-state index contributed by atoms with van der Waals surface area (Å²) in [5.74, 6) is -1.85. The predicted octanol–water partition coefficient (Wildman–Crippen LogP) is -1.57. The summed E-state index contributed by atoms with van der Waals surface area (Å²) >= 11 is 0. The van der Waals surface area contributed by atoms with Gasteiger partial charge in [0.25, 0.3) is 0 Å². The number of hydrogen-bond donors (Lipinski definition) is 2. The zero-order valence-electron chi connectivity index (χ0n) is 8.93. The van der Waals surface area contributed by atoms with Crippen molar-refractivity contribution in [2.75, 3.05) is 26.8 Å². The molecule has 0 spiro atoms. The van der Waals surface area contributed by atoms with Crippen LogP contribution in [0.4, 0.5) is 0 Å². The number of carboxylic acid groups (broad SMARTS) is 1. The molecule has 2 amide bonds. The maximum atomic E-state index is 11.4. The summed E-state index contributed by atoms with van der Waals surface area (Å²) in [7, 11) is 1.48. The molecular formula is C9H14N2O5. The normalized spacial score (nSPS) is 20.2. The van der Waals surface area contributed by atoms with Crippen LogP contribution >= 0.6 is 0 Å². The molecule has 0 saturated carbocycles. The summed E-state index contributed by atoms with van der Waals surface area (Å²) < 4.78 is 4.82. The highest BCUT2D eigenvalue weighted by Crippen LogP contribution is 2.10. The molecule has 1 aliphatic heterocycles. The van der Waals surface area contributed by atoms with E-state index in [9.17, 15) is 14.4 Å². The van der Waals surface area contributed by atoms with Gasteiger partial charge in [-0.25, -0.2) is 0 Å². The van der Waals surface area contributed by atoms with Gasteiger partial charge in [0.15, 0.2) is 0 Å². The minimum absolute atomic E-state index is 0.00975. The summed E-state index contributed by atoms with van der Waals surface area (Å²) in [6.45, 7) is 0.328. The largest absolute Gasteiger partial charge is 0.480 e. The highest BCUT2D eigenvalue weighted by atomic mass is 16.5. The van der Waals surface area contributed by atoms with Gasteiger partial charge in [0.2, 0.25) is 11.8 Å². The molecule has 7 heteroatoms. The minimum atomic E-state index is -1.04.